The van der Waals surface area contributed by atoms with Crippen molar-refractivity contribution < 1.29 is 14.4 Å². The van der Waals surface area contributed by atoms with Gasteiger partial charge in [0.15, 0.2) is 5.75 Å². The lowest BCUT2D eigenvalue weighted by Gasteiger charge is -2.07. The molecule has 0 bridgehead atoms. The number of ether oxygens (including phenoxy) is 2. The predicted octanol–water partition coefficient (Wildman–Crippen LogP) is 2.45. The van der Waals surface area contributed by atoms with E-state index in [0.29, 0.717) is 11.6 Å². The van der Waals surface area contributed by atoms with Crippen LogP contribution in [0.15, 0.2) is 36.4 Å². The van der Waals surface area contributed by atoms with Crippen molar-refractivity contribution in [3.63, 3.8) is 0 Å². The standard InChI is InChI=1S/C14H11N3O4/c1-20-14-4-2-3-11(16-14)9-21-13-6-5-10(8-15)7-12(13)17(18)19/h2-7H,9H2,1H3. The minimum absolute atomic E-state index is 0.0595. The van der Waals surface area contributed by atoms with Gasteiger partial charge in [-0.05, 0) is 18.2 Å². The zero-order chi connectivity index (χ0) is 15.2. The Morgan fingerprint density at radius 2 is 2.19 bits per heavy atom. The number of aromatic nitrogens is 1. The van der Waals surface area contributed by atoms with Crippen LogP contribution in [0.4, 0.5) is 5.69 Å². The number of pyridine rings is 1. The summed E-state index contributed by atoms with van der Waals surface area (Å²) in [5.74, 6) is 0.522. The summed E-state index contributed by atoms with van der Waals surface area (Å²) < 4.78 is 10.4. The van der Waals surface area contributed by atoms with Crippen LogP contribution in [0.1, 0.15) is 11.3 Å². The molecule has 0 N–H and O–H groups in total. The Kier molecular flexibility index (Phi) is 4.31. The Bertz CT molecular complexity index is 710. The second-order valence-corrected chi connectivity index (χ2v) is 4.01. The molecule has 0 fully saturated rings. The Hall–Kier alpha value is -3.14. The van der Waals surface area contributed by atoms with E-state index in [9.17, 15) is 10.1 Å². The highest BCUT2D eigenvalue weighted by atomic mass is 16.6. The molecule has 0 amide bonds. The number of hydrogen-bond donors (Lipinski definition) is 0. The molecule has 1 aromatic heterocycles. The van der Waals surface area contributed by atoms with E-state index in [-0.39, 0.29) is 23.6 Å². The topological polar surface area (TPSA) is 98.3 Å². The molecule has 0 spiro atoms. The highest BCUT2D eigenvalue weighted by Gasteiger charge is 2.16. The molecular weight excluding hydrogens is 274 g/mol. The van der Waals surface area contributed by atoms with E-state index in [0.717, 1.165) is 0 Å². The summed E-state index contributed by atoms with van der Waals surface area (Å²) in [4.78, 5) is 14.5. The van der Waals surface area contributed by atoms with Crippen LogP contribution in [-0.4, -0.2) is 17.0 Å². The number of nitriles is 1. The maximum absolute atomic E-state index is 11.0. The monoisotopic (exact) mass is 285 g/mol. The van der Waals surface area contributed by atoms with Crippen molar-refractivity contribution >= 4 is 5.69 Å². The van der Waals surface area contributed by atoms with Crippen molar-refractivity contribution in [2.45, 2.75) is 6.61 Å². The van der Waals surface area contributed by atoms with Gasteiger partial charge >= 0.3 is 5.69 Å². The molecule has 0 radical (unpaired) electrons. The van der Waals surface area contributed by atoms with E-state index in [2.05, 4.69) is 4.98 Å². The second kappa shape index (κ2) is 6.34. The van der Waals surface area contributed by atoms with Crippen molar-refractivity contribution in [2.75, 3.05) is 7.11 Å². The lowest BCUT2D eigenvalue weighted by Crippen LogP contribution is -2.02. The predicted molar refractivity (Wildman–Crippen MR) is 72.9 cm³/mol. The van der Waals surface area contributed by atoms with Gasteiger partial charge in [-0.2, -0.15) is 5.26 Å². The molecule has 7 nitrogen and oxygen atoms in total. The molecule has 0 atom stereocenters. The SMILES string of the molecule is COc1cccc(COc2ccc(C#N)cc2[N+](=O)[O-])n1. The highest BCUT2D eigenvalue weighted by Crippen LogP contribution is 2.28. The van der Waals surface area contributed by atoms with Gasteiger partial charge in [-0.3, -0.25) is 10.1 Å². The van der Waals surface area contributed by atoms with Crippen molar-refractivity contribution in [3.05, 3.63) is 57.8 Å². The van der Waals surface area contributed by atoms with Gasteiger partial charge in [0.05, 0.1) is 29.4 Å². The van der Waals surface area contributed by atoms with E-state index in [1.54, 1.807) is 18.2 Å². The van der Waals surface area contributed by atoms with E-state index < -0.39 is 4.92 Å². The molecule has 2 aromatic rings. The number of nitro benzene ring substituents is 1. The summed E-state index contributed by atoms with van der Waals surface area (Å²) in [7, 11) is 1.50. The van der Waals surface area contributed by atoms with Crippen LogP contribution in [0.3, 0.4) is 0 Å². The van der Waals surface area contributed by atoms with Gasteiger partial charge < -0.3 is 9.47 Å². The minimum atomic E-state index is -0.588. The van der Waals surface area contributed by atoms with E-state index >= 15 is 0 Å². The molecule has 0 unspecified atom stereocenters. The third-order valence-corrected chi connectivity index (χ3v) is 2.65. The van der Waals surface area contributed by atoms with Crippen LogP contribution in [0, 0.1) is 21.4 Å². The smallest absolute Gasteiger partial charge is 0.312 e. The zero-order valence-electron chi connectivity index (χ0n) is 11.1. The van der Waals surface area contributed by atoms with Gasteiger partial charge in [0.2, 0.25) is 5.88 Å². The Balaban J connectivity index is 2.19. The fourth-order valence-corrected chi connectivity index (χ4v) is 1.65. The van der Waals surface area contributed by atoms with E-state index in [1.165, 1.54) is 25.3 Å². The lowest BCUT2D eigenvalue weighted by molar-refractivity contribution is -0.386. The maximum Gasteiger partial charge on any atom is 0.312 e. The van der Waals surface area contributed by atoms with Crippen molar-refractivity contribution in [1.82, 2.24) is 4.98 Å². The normalized spacial score (nSPS) is 9.71. The molecule has 1 aromatic carbocycles. The summed E-state index contributed by atoms with van der Waals surface area (Å²) in [5, 5.41) is 19.7. The summed E-state index contributed by atoms with van der Waals surface area (Å²) in [6.45, 7) is 0.0595. The molecule has 0 aliphatic rings. The summed E-state index contributed by atoms with van der Waals surface area (Å²) >= 11 is 0. The third kappa shape index (κ3) is 3.45. The number of rotatable bonds is 5. The van der Waals surface area contributed by atoms with Crippen LogP contribution in [0.25, 0.3) is 0 Å². The summed E-state index contributed by atoms with van der Waals surface area (Å²) in [6.07, 6.45) is 0. The van der Waals surface area contributed by atoms with Crippen LogP contribution < -0.4 is 9.47 Å². The Morgan fingerprint density at radius 1 is 1.38 bits per heavy atom. The van der Waals surface area contributed by atoms with Crippen molar-refractivity contribution in [3.8, 4) is 17.7 Å². The number of nitro groups is 1. The van der Waals surface area contributed by atoms with Crippen LogP contribution in [0.2, 0.25) is 0 Å². The van der Waals surface area contributed by atoms with Gasteiger partial charge in [0.1, 0.15) is 6.61 Å². The third-order valence-electron chi connectivity index (χ3n) is 2.65. The molecule has 0 saturated carbocycles. The largest absolute Gasteiger partial charge is 0.481 e. The first-order valence-corrected chi connectivity index (χ1v) is 5.95. The fraction of sp³-hybridized carbons (Fsp3) is 0.143. The fourth-order valence-electron chi connectivity index (χ4n) is 1.65. The number of benzene rings is 1. The molecular formula is C14H11N3O4. The molecule has 21 heavy (non-hydrogen) atoms. The van der Waals surface area contributed by atoms with Crippen LogP contribution in [-0.2, 0) is 6.61 Å². The molecule has 7 heteroatoms. The van der Waals surface area contributed by atoms with Crippen molar-refractivity contribution in [2.24, 2.45) is 0 Å². The molecule has 0 saturated heterocycles. The molecule has 0 aliphatic heterocycles. The van der Waals surface area contributed by atoms with Gasteiger partial charge in [-0.25, -0.2) is 4.98 Å². The average Bonchev–Trinajstić information content (AvgIpc) is 2.52. The van der Waals surface area contributed by atoms with Gasteiger partial charge in [0.25, 0.3) is 0 Å². The quantitative estimate of drug-likeness (QED) is 0.618. The molecule has 106 valence electrons. The first kappa shape index (κ1) is 14.3. The average molecular weight is 285 g/mol. The number of hydrogen-bond acceptors (Lipinski definition) is 6. The molecule has 1 heterocycles. The minimum Gasteiger partial charge on any atom is -0.481 e. The van der Waals surface area contributed by atoms with Gasteiger partial charge in [-0.15, -0.1) is 0 Å². The Morgan fingerprint density at radius 3 is 2.86 bits per heavy atom. The van der Waals surface area contributed by atoms with E-state index in [1.807, 2.05) is 6.07 Å². The summed E-state index contributed by atoms with van der Waals surface area (Å²) in [6, 6.07) is 11.0. The lowest BCUT2D eigenvalue weighted by atomic mass is 10.2. The highest BCUT2D eigenvalue weighted by molar-refractivity contribution is 5.51. The zero-order valence-corrected chi connectivity index (χ0v) is 11.1. The Labute approximate surface area is 120 Å². The number of nitrogens with zero attached hydrogens (tertiary/aromatic N) is 3. The molecule has 0 aliphatic carbocycles. The maximum atomic E-state index is 11.0. The van der Waals surface area contributed by atoms with Crippen molar-refractivity contribution in [1.29, 1.82) is 5.26 Å². The van der Waals surface area contributed by atoms with Gasteiger partial charge in [0, 0.05) is 12.1 Å². The van der Waals surface area contributed by atoms with Gasteiger partial charge in [-0.1, -0.05) is 6.07 Å². The second-order valence-electron chi connectivity index (χ2n) is 4.01. The first-order chi connectivity index (χ1) is 10.1. The first-order valence-electron chi connectivity index (χ1n) is 5.95. The van der Waals surface area contributed by atoms with Crippen LogP contribution >= 0.6 is 0 Å². The molecule has 2 rings (SSSR count). The van der Waals surface area contributed by atoms with E-state index in [4.69, 9.17) is 14.7 Å². The number of methoxy groups -OCH3 is 1. The summed E-state index contributed by atoms with van der Waals surface area (Å²) in [5.41, 5.74) is 0.526. The van der Waals surface area contributed by atoms with Crippen LogP contribution in [0.5, 0.6) is 11.6 Å².